The van der Waals surface area contributed by atoms with Crippen molar-refractivity contribution in [1.82, 2.24) is 13.7 Å². The third-order valence-corrected chi connectivity index (χ3v) is 30.0. The summed E-state index contributed by atoms with van der Waals surface area (Å²) in [5.41, 5.74) is 40.9. The maximum Gasteiger partial charge on any atom is 0.494 e. The van der Waals surface area contributed by atoms with Crippen LogP contribution in [0.3, 0.4) is 0 Å². The molecule has 9 heteroatoms. The van der Waals surface area contributed by atoms with Crippen molar-refractivity contribution in [3.05, 3.63) is 437 Å². The van der Waals surface area contributed by atoms with E-state index >= 15 is 0 Å². The lowest BCUT2D eigenvalue weighted by atomic mass is 9.78. The maximum atomic E-state index is 6.34. The molecule has 0 saturated carbocycles. The van der Waals surface area contributed by atoms with E-state index in [0.29, 0.717) is 0 Å². The van der Waals surface area contributed by atoms with Gasteiger partial charge in [0.05, 0.1) is 28.3 Å². The monoisotopic (exact) mass is 1940 g/mol. The van der Waals surface area contributed by atoms with E-state index in [2.05, 4.69) is 530 Å². The summed E-state index contributed by atoms with van der Waals surface area (Å²) in [6.07, 6.45) is 2.56. The molecular formula is C131H112BBr2N3O3. The Kier molecular flexibility index (Phi) is 25.3. The van der Waals surface area contributed by atoms with Gasteiger partial charge in [-0.05, 0) is 285 Å². The summed E-state index contributed by atoms with van der Waals surface area (Å²) >= 11 is 7.38. The molecule has 686 valence electrons. The normalized spacial score (nSPS) is 13.3. The molecule has 0 N–H and O–H groups in total. The zero-order valence-corrected chi connectivity index (χ0v) is 84.9. The SMILES string of the molecule is Brc1ccc2c(-c3ccccc3)c3cc(Br)ccc3c(-c3ccccc3)c2c1.C1CCOC1.Cc1ccc(-c2c(-c3ccc(C)cc3)n(C)c3cc(-c4ccc5c(-c6ccccc6)c6cc(-c7ccc8c(-c9ccc(C)cc9)c(-c9ccc(C)cc9)n(C)c8c7)ccc6c(-c6ccccc6)c5c4)ccc23)cc1.Cc1ccc(-c2c(-c3ccc(C)cc3)n(C)c3cc(B4OC(C)(C)C(C)(C)O4)ccc23)cc1. The second-order valence-corrected chi connectivity index (χ2v) is 40.9. The highest BCUT2D eigenvalue weighted by Crippen LogP contribution is 2.52. The highest BCUT2D eigenvalue weighted by molar-refractivity contribution is 9.10. The van der Waals surface area contributed by atoms with Crippen LogP contribution in [0.15, 0.2) is 403 Å². The van der Waals surface area contributed by atoms with Gasteiger partial charge in [-0.3, -0.25) is 0 Å². The summed E-state index contributed by atoms with van der Waals surface area (Å²) in [4.78, 5) is 0. The Labute approximate surface area is 839 Å². The molecule has 0 aliphatic carbocycles. The Balaban J connectivity index is 0.000000143. The van der Waals surface area contributed by atoms with Crippen LogP contribution in [0.5, 0.6) is 0 Å². The van der Waals surface area contributed by atoms with E-state index in [4.69, 9.17) is 14.0 Å². The molecule has 6 nitrogen and oxygen atoms in total. The van der Waals surface area contributed by atoms with Gasteiger partial charge < -0.3 is 27.7 Å². The molecule has 140 heavy (non-hydrogen) atoms. The molecule has 0 spiro atoms. The van der Waals surface area contributed by atoms with Gasteiger partial charge in [0.2, 0.25) is 0 Å². The summed E-state index contributed by atoms with van der Waals surface area (Å²) < 4.78 is 26.9. The molecule has 0 amide bonds. The molecule has 22 aromatic rings. The molecule has 2 fully saturated rings. The number of nitrogens with zero attached hydrogens (tertiary/aromatic N) is 3. The van der Waals surface area contributed by atoms with E-state index in [0.717, 1.165) is 27.6 Å². The van der Waals surface area contributed by atoms with E-state index in [-0.39, 0.29) is 18.3 Å². The third-order valence-electron chi connectivity index (χ3n) is 29.0. The molecule has 19 aromatic carbocycles. The van der Waals surface area contributed by atoms with Crippen LogP contribution in [0.2, 0.25) is 0 Å². The smallest absolute Gasteiger partial charge is 0.399 e. The largest absolute Gasteiger partial charge is 0.494 e. The van der Waals surface area contributed by atoms with Gasteiger partial charge in [0.1, 0.15) is 0 Å². The first kappa shape index (κ1) is 92.1. The lowest BCUT2D eigenvalue weighted by Gasteiger charge is -2.32. The fourth-order valence-electron chi connectivity index (χ4n) is 20.9. The summed E-state index contributed by atoms with van der Waals surface area (Å²) in [6, 6.07) is 145. The second-order valence-electron chi connectivity index (χ2n) is 39.1. The van der Waals surface area contributed by atoms with Crippen molar-refractivity contribution in [2.24, 2.45) is 21.1 Å². The van der Waals surface area contributed by atoms with Crippen LogP contribution in [0, 0.1) is 41.5 Å². The van der Waals surface area contributed by atoms with Crippen molar-refractivity contribution in [1.29, 1.82) is 0 Å². The predicted molar refractivity (Wildman–Crippen MR) is 604 cm³/mol. The highest BCUT2D eigenvalue weighted by Gasteiger charge is 2.52. The Hall–Kier alpha value is -14.3. The Bertz CT molecular complexity index is 8020. The van der Waals surface area contributed by atoms with Crippen LogP contribution in [0.1, 0.15) is 73.9 Å². The van der Waals surface area contributed by atoms with E-state index < -0.39 is 0 Å². The van der Waals surface area contributed by atoms with E-state index in [1.54, 1.807) is 0 Å². The zero-order valence-electron chi connectivity index (χ0n) is 81.8. The molecule has 0 radical (unpaired) electrons. The lowest BCUT2D eigenvalue weighted by Crippen LogP contribution is -2.41. The number of hydrogen-bond donors (Lipinski definition) is 0. The highest BCUT2D eigenvalue weighted by atomic mass is 79.9. The minimum Gasteiger partial charge on any atom is -0.399 e. The first-order valence-electron chi connectivity index (χ1n) is 48.8. The molecule has 0 atom stereocenters. The van der Waals surface area contributed by atoms with E-state index in [1.807, 2.05) is 0 Å². The van der Waals surface area contributed by atoms with Gasteiger partial charge in [-0.25, -0.2) is 0 Å². The number of rotatable bonds is 13. The topological polar surface area (TPSA) is 42.5 Å². The van der Waals surface area contributed by atoms with Gasteiger partial charge in [-0.15, -0.1) is 0 Å². The first-order chi connectivity index (χ1) is 68.0. The summed E-state index contributed by atoms with van der Waals surface area (Å²) in [6.45, 7) is 23.3. The average Bonchev–Trinajstić information content (AvgIpc) is 1.10. The van der Waals surface area contributed by atoms with Gasteiger partial charge in [0.15, 0.2) is 0 Å². The molecule has 2 aliphatic heterocycles. The molecule has 2 aliphatic rings. The Morgan fingerprint density at radius 3 is 0.729 bits per heavy atom. The van der Waals surface area contributed by atoms with E-state index in [9.17, 15) is 0 Å². The minimum atomic E-state index is -0.375. The van der Waals surface area contributed by atoms with Crippen LogP contribution >= 0.6 is 31.9 Å². The summed E-state index contributed by atoms with van der Waals surface area (Å²) in [5, 5.41) is 13.7. The average molecular weight is 1950 g/mol. The second kappa shape index (κ2) is 38.5. The molecule has 3 aromatic heterocycles. The van der Waals surface area contributed by atoms with Crippen molar-refractivity contribution in [3.8, 4) is 134 Å². The van der Waals surface area contributed by atoms with Crippen LogP contribution in [0.4, 0.5) is 0 Å². The molecule has 2 saturated heterocycles. The first-order valence-corrected chi connectivity index (χ1v) is 50.4. The maximum absolute atomic E-state index is 6.34. The molecule has 0 bridgehead atoms. The van der Waals surface area contributed by atoms with Gasteiger partial charge in [-0.2, -0.15) is 0 Å². The van der Waals surface area contributed by atoms with Crippen LogP contribution < -0.4 is 5.46 Å². The summed E-state index contributed by atoms with van der Waals surface area (Å²) in [7, 11) is 6.23. The van der Waals surface area contributed by atoms with Crippen molar-refractivity contribution in [2.75, 3.05) is 13.2 Å². The quantitative estimate of drug-likeness (QED) is 0.0853. The van der Waals surface area contributed by atoms with Crippen molar-refractivity contribution >= 4 is 120 Å². The lowest BCUT2D eigenvalue weighted by molar-refractivity contribution is 0.00578. The molecule has 5 heterocycles. The number of halogens is 2. The van der Waals surface area contributed by atoms with E-state index in [1.165, 1.54) is 256 Å². The fraction of sp³-hybridized carbons (Fsp3) is 0.145. The number of fused-ring (bicyclic) bond motifs is 7. The van der Waals surface area contributed by atoms with Gasteiger partial charge in [0.25, 0.3) is 0 Å². The van der Waals surface area contributed by atoms with Gasteiger partial charge in [0, 0.05) is 92.7 Å². The number of hydrogen-bond acceptors (Lipinski definition) is 3. The van der Waals surface area contributed by atoms with Crippen LogP contribution in [-0.2, 0) is 35.2 Å². The number of ether oxygens (including phenoxy) is 1. The number of benzene rings is 19. The van der Waals surface area contributed by atoms with Crippen molar-refractivity contribution < 1.29 is 14.0 Å². The Morgan fingerprint density at radius 1 is 0.221 bits per heavy atom. The van der Waals surface area contributed by atoms with Crippen LogP contribution in [-0.4, -0.2) is 45.2 Å². The molecule has 24 rings (SSSR count). The predicted octanol–water partition coefficient (Wildman–Crippen LogP) is 35.6. The van der Waals surface area contributed by atoms with Gasteiger partial charge >= 0.3 is 7.12 Å². The van der Waals surface area contributed by atoms with Crippen molar-refractivity contribution in [3.63, 3.8) is 0 Å². The minimum absolute atomic E-state index is 0.360. The summed E-state index contributed by atoms with van der Waals surface area (Å²) in [5.74, 6) is 0. The number of aromatic nitrogens is 3. The van der Waals surface area contributed by atoms with Crippen molar-refractivity contribution in [2.45, 2.75) is 93.3 Å². The zero-order chi connectivity index (χ0) is 96.4. The van der Waals surface area contributed by atoms with Gasteiger partial charge in [-0.1, -0.05) is 405 Å². The standard InChI is InChI=1S/C72H56N2.C29H32BNO2.C26H16Br2.C4H8O/c1-45-17-25-51(26-18-45)69-61-39-35-57(43-65(61)73(5)71(69)53-29-21-47(3)22-30-53)55-33-37-59-63(41-55)67(49-13-9-7-10-14-49)60-38-34-56(42-64(60)68(59)50-15-11-8-12-16-50)58-36-40-62-66(44-58)74(6)72(54-31-23-48(4)24-32-54)70(62)52-27-19-46(2)20-28-52;1-19-8-12-21(13-9-19)26-24-17-16-23(30-32-28(3,4)29(5,6)33-30)18-25(24)31(7)27(26)22-14-10-20(2)11-15-22;27-19-12-14-22-23(15-19)25(17-7-3-1-4-8-17)21-13-11-20(28)16-24(21)26(22)18-9-5-2-6-10-18;1-2-4-5-3-1/h7-44H,1-6H3;8-18H,1-7H3;1-16H;1-4H2. The number of aryl methyl sites for hydroxylation is 9. The molecule has 0 unspecified atom stereocenters. The fourth-order valence-corrected chi connectivity index (χ4v) is 21.7. The molecular weight excluding hydrogens is 1830 g/mol. The van der Waals surface area contributed by atoms with Crippen LogP contribution in [0.25, 0.3) is 210 Å². The third kappa shape index (κ3) is 17.7. The Morgan fingerprint density at radius 2 is 0.450 bits per heavy atom.